The summed E-state index contributed by atoms with van der Waals surface area (Å²) in [4.78, 5) is 16.2. The minimum atomic E-state index is 0.0743. The molecule has 0 saturated carbocycles. The van der Waals surface area contributed by atoms with Gasteiger partial charge in [-0.15, -0.1) is 0 Å². The van der Waals surface area contributed by atoms with Gasteiger partial charge in [0.2, 0.25) is 5.28 Å². The molecule has 100 valence electrons. The summed E-state index contributed by atoms with van der Waals surface area (Å²) < 4.78 is 0. The van der Waals surface area contributed by atoms with Gasteiger partial charge in [0.15, 0.2) is 5.82 Å². The van der Waals surface area contributed by atoms with Crippen molar-refractivity contribution >= 4 is 39.8 Å². The average Bonchev–Trinajstić information content (AvgIpc) is 2.48. The highest BCUT2D eigenvalue weighted by molar-refractivity contribution is 6.28. The summed E-state index contributed by atoms with van der Waals surface area (Å²) in [6, 6.07) is 5.40. The van der Waals surface area contributed by atoms with E-state index in [0.717, 1.165) is 11.0 Å². The number of nitrogens with two attached hydrogens (primary N) is 2. The topological polar surface area (TPSA) is 107 Å². The molecule has 0 atom stereocenters. The summed E-state index contributed by atoms with van der Waals surface area (Å²) in [6.45, 7) is 0. The van der Waals surface area contributed by atoms with Crippen molar-refractivity contribution in [3.8, 4) is 0 Å². The van der Waals surface area contributed by atoms with E-state index in [4.69, 9.17) is 23.2 Å². The molecule has 3 rings (SSSR count). The van der Waals surface area contributed by atoms with Gasteiger partial charge < -0.3 is 5.73 Å². The maximum Gasteiger partial charge on any atom is 0.224 e. The lowest BCUT2D eigenvalue weighted by molar-refractivity contribution is 1.02. The molecule has 4 N–H and O–H groups in total. The minimum absolute atomic E-state index is 0.0743. The highest BCUT2D eigenvalue weighted by Crippen LogP contribution is 2.27. The van der Waals surface area contributed by atoms with E-state index in [2.05, 4.69) is 19.9 Å². The van der Waals surface area contributed by atoms with Crippen molar-refractivity contribution in [2.45, 2.75) is 0 Å². The monoisotopic (exact) mass is 287 g/mol. The molecule has 20 heavy (non-hydrogen) atoms. The number of nitrogen functional groups attached to an aromatic ring is 1. The number of halogens is 1. The largest absolute Gasteiger partial charge is 0.394 e. The molecule has 3 aromatic rings. The van der Waals surface area contributed by atoms with Crippen molar-refractivity contribution in [3.05, 3.63) is 42.1 Å². The Morgan fingerprint density at radius 2 is 1.80 bits per heavy atom. The normalized spacial score (nSPS) is 10.7. The van der Waals surface area contributed by atoms with Gasteiger partial charge in [0, 0.05) is 12.4 Å². The molecule has 0 aliphatic carbocycles. The molecule has 0 aliphatic rings. The van der Waals surface area contributed by atoms with E-state index < -0.39 is 0 Å². The molecule has 0 spiro atoms. The molecular formula is C12H10ClN7. The number of nitrogens with zero attached hydrogens (tertiary/aromatic N) is 5. The van der Waals surface area contributed by atoms with E-state index in [0.29, 0.717) is 17.2 Å². The van der Waals surface area contributed by atoms with Gasteiger partial charge in [-0.25, -0.2) is 10.8 Å². The number of fused-ring (bicyclic) bond motifs is 1. The highest BCUT2D eigenvalue weighted by Gasteiger charge is 2.12. The third-order valence-corrected chi connectivity index (χ3v) is 2.91. The molecule has 0 saturated heterocycles. The Labute approximate surface area is 119 Å². The lowest BCUT2D eigenvalue weighted by atomic mass is 10.2. The molecule has 0 aliphatic heterocycles. The summed E-state index contributed by atoms with van der Waals surface area (Å²) in [6.07, 6.45) is 4.65. The molecule has 0 amide bonds. The Morgan fingerprint density at radius 1 is 1.05 bits per heavy atom. The van der Waals surface area contributed by atoms with E-state index in [1.807, 2.05) is 6.07 Å². The van der Waals surface area contributed by atoms with Gasteiger partial charge in [-0.1, -0.05) is 0 Å². The molecule has 2 heterocycles. The maximum absolute atomic E-state index is 6.03. The fraction of sp³-hybridized carbons (Fsp3) is 0. The zero-order valence-electron chi connectivity index (χ0n) is 10.2. The van der Waals surface area contributed by atoms with Crippen LogP contribution in [0.2, 0.25) is 5.28 Å². The van der Waals surface area contributed by atoms with Crippen LogP contribution < -0.4 is 16.6 Å². The first-order valence-electron chi connectivity index (χ1n) is 5.69. The summed E-state index contributed by atoms with van der Waals surface area (Å²) in [7, 11) is 0. The molecular weight excluding hydrogens is 278 g/mol. The van der Waals surface area contributed by atoms with Gasteiger partial charge in [0.25, 0.3) is 0 Å². The van der Waals surface area contributed by atoms with Crippen molar-refractivity contribution < 1.29 is 0 Å². The highest BCUT2D eigenvalue weighted by atomic mass is 35.5. The van der Waals surface area contributed by atoms with Crippen LogP contribution in [0.1, 0.15) is 0 Å². The maximum atomic E-state index is 6.03. The fourth-order valence-electron chi connectivity index (χ4n) is 1.78. The average molecular weight is 288 g/mol. The molecule has 7 nitrogen and oxygen atoms in total. The Morgan fingerprint density at radius 3 is 2.60 bits per heavy atom. The Kier molecular flexibility index (Phi) is 3.05. The van der Waals surface area contributed by atoms with E-state index in [1.54, 1.807) is 24.5 Å². The molecule has 0 unspecified atom stereocenters. The van der Waals surface area contributed by atoms with Crippen LogP contribution in [0.4, 0.5) is 17.2 Å². The van der Waals surface area contributed by atoms with E-state index >= 15 is 0 Å². The van der Waals surface area contributed by atoms with Crippen molar-refractivity contribution in [2.75, 3.05) is 10.7 Å². The minimum Gasteiger partial charge on any atom is -0.394 e. The molecule has 8 heteroatoms. The first kappa shape index (κ1) is 12.5. The first-order chi connectivity index (χ1) is 9.65. The molecule has 0 fully saturated rings. The number of hydrazine groups is 1. The zero-order valence-corrected chi connectivity index (χ0v) is 11.0. The smallest absolute Gasteiger partial charge is 0.224 e. The summed E-state index contributed by atoms with van der Waals surface area (Å²) >= 11 is 5.76. The van der Waals surface area contributed by atoms with Crippen LogP contribution in [-0.4, -0.2) is 19.9 Å². The van der Waals surface area contributed by atoms with Crippen molar-refractivity contribution in [1.29, 1.82) is 0 Å². The SMILES string of the molecule is Nc1cnc(Cl)nc1N(N)c1ccc2nccnc2c1. The van der Waals surface area contributed by atoms with Crippen LogP contribution in [0.5, 0.6) is 0 Å². The van der Waals surface area contributed by atoms with Gasteiger partial charge >= 0.3 is 0 Å². The second-order valence-electron chi connectivity index (χ2n) is 4.02. The third-order valence-electron chi connectivity index (χ3n) is 2.73. The van der Waals surface area contributed by atoms with Gasteiger partial charge in [0.1, 0.15) is 0 Å². The second-order valence-corrected chi connectivity index (χ2v) is 4.36. The molecule has 0 bridgehead atoms. The predicted molar refractivity (Wildman–Crippen MR) is 77.3 cm³/mol. The van der Waals surface area contributed by atoms with Crippen LogP contribution in [0.3, 0.4) is 0 Å². The van der Waals surface area contributed by atoms with Crippen molar-refractivity contribution in [2.24, 2.45) is 5.84 Å². The lowest BCUT2D eigenvalue weighted by Crippen LogP contribution is -2.27. The van der Waals surface area contributed by atoms with Gasteiger partial charge in [-0.3, -0.25) is 15.0 Å². The van der Waals surface area contributed by atoms with E-state index in [1.165, 1.54) is 11.2 Å². The Hall–Kier alpha value is -2.51. The Balaban J connectivity index is 2.07. The number of anilines is 3. The van der Waals surface area contributed by atoms with Gasteiger partial charge in [-0.05, 0) is 29.8 Å². The molecule has 2 aromatic heterocycles. The van der Waals surface area contributed by atoms with Gasteiger partial charge in [-0.2, -0.15) is 4.98 Å². The van der Waals surface area contributed by atoms with Crippen molar-refractivity contribution in [3.63, 3.8) is 0 Å². The number of benzene rings is 1. The Bertz CT molecular complexity index is 777. The molecule has 1 aromatic carbocycles. The van der Waals surface area contributed by atoms with E-state index in [9.17, 15) is 0 Å². The number of rotatable bonds is 2. The van der Waals surface area contributed by atoms with Crippen LogP contribution >= 0.6 is 11.6 Å². The predicted octanol–water partition coefficient (Wildman–Crippen LogP) is 1.67. The first-order valence-corrected chi connectivity index (χ1v) is 6.06. The van der Waals surface area contributed by atoms with Crippen molar-refractivity contribution in [1.82, 2.24) is 19.9 Å². The number of aromatic nitrogens is 4. The van der Waals surface area contributed by atoms with Gasteiger partial charge in [0.05, 0.1) is 28.6 Å². The zero-order chi connectivity index (χ0) is 14.1. The quantitative estimate of drug-likeness (QED) is 0.419. The molecule has 0 radical (unpaired) electrons. The summed E-state index contributed by atoms with van der Waals surface area (Å²) in [5, 5.41) is 1.40. The second kappa shape index (κ2) is 4.87. The third kappa shape index (κ3) is 2.20. The van der Waals surface area contributed by atoms with E-state index in [-0.39, 0.29) is 5.28 Å². The summed E-state index contributed by atoms with van der Waals surface area (Å²) in [5.41, 5.74) is 8.30. The van der Waals surface area contributed by atoms with Crippen LogP contribution in [0.15, 0.2) is 36.8 Å². The number of hydrogen-bond donors (Lipinski definition) is 2. The summed E-state index contributed by atoms with van der Waals surface area (Å²) in [5.74, 6) is 6.36. The fourth-order valence-corrected chi connectivity index (χ4v) is 1.91. The van der Waals surface area contributed by atoms with Crippen LogP contribution in [-0.2, 0) is 0 Å². The number of hydrogen-bond acceptors (Lipinski definition) is 7. The van der Waals surface area contributed by atoms with Crippen LogP contribution in [0.25, 0.3) is 11.0 Å². The standard InChI is InChI=1S/C12H10ClN7/c13-12-18-6-8(14)11(19-12)20(15)7-1-2-9-10(5-7)17-4-3-16-9/h1-6H,14-15H2. The lowest BCUT2D eigenvalue weighted by Gasteiger charge is -2.19. The van der Waals surface area contributed by atoms with Crippen LogP contribution in [0, 0.1) is 0 Å².